The SMILES string of the molecule is CC#N.CCC1CC(F)CN1.COc1nc(N2CCN(C(=O)/C=C/C(C)N(C)C)CC2)c2cnc(-c3cccc(Cl)c3C(F)(F)F)c(F)c2n1. The molecular weight excluding hydrogens is 683 g/mol. The van der Waals surface area contributed by atoms with Crippen LogP contribution in [0.3, 0.4) is 0 Å². The highest BCUT2D eigenvalue weighted by Gasteiger charge is 2.37. The van der Waals surface area contributed by atoms with Gasteiger partial charge in [0, 0.05) is 69.6 Å². The first-order chi connectivity index (χ1) is 23.7. The fraction of sp³-hybridized carbons (Fsp3) is 0.500. The van der Waals surface area contributed by atoms with Crippen LogP contribution in [-0.4, -0.2) is 103 Å². The number of hydrogen-bond acceptors (Lipinski definition) is 9. The lowest BCUT2D eigenvalue weighted by Gasteiger charge is -2.35. The summed E-state index contributed by atoms with van der Waals surface area (Å²) in [6, 6.07) is 5.62. The number of alkyl halides is 4. The third kappa shape index (κ3) is 10.2. The number of methoxy groups -OCH3 is 1. The van der Waals surface area contributed by atoms with Crippen molar-refractivity contribution in [3.05, 3.63) is 53.0 Å². The van der Waals surface area contributed by atoms with Crippen molar-refractivity contribution >= 4 is 34.2 Å². The van der Waals surface area contributed by atoms with Gasteiger partial charge in [-0.25, -0.2) is 8.78 Å². The lowest BCUT2D eigenvalue weighted by atomic mass is 10.0. The van der Waals surface area contributed by atoms with Crippen molar-refractivity contribution in [2.45, 2.75) is 58.0 Å². The number of hydrogen-bond donors (Lipinski definition) is 1. The number of fused-ring (bicyclic) bond motifs is 1. The van der Waals surface area contributed by atoms with Crippen LogP contribution in [0.15, 0.2) is 36.5 Å². The number of benzene rings is 1. The minimum atomic E-state index is -4.83. The Morgan fingerprint density at radius 1 is 1.24 bits per heavy atom. The smallest absolute Gasteiger partial charge is 0.418 e. The summed E-state index contributed by atoms with van der Waals surface area (Å²) < 4.78 is 74.5. The topological polar surface area (TPSA) is 111 Å². The molecule has 16 heteroatoms. The summed E-state index contributed by atoms with van der Waals surface area (Å²) in [4.78, 5) is 30.6. The van der Waals surface area contributed by atoms with Crippen molar-refractivity contribution in [3.63, 3.8) is 0 Å². The molecule has 5 rings (SSSR count). The molecule has 3 unspecified atom stereocenters. The van der Waals surface area contributed by atoms with Gasteiger partial charge < -0.3 is 24.8 Å². The van der Waals surface area contributed by atoms with Gasteiger partial charge in [-0.05, 0) is 39.9 Å². The Hall–Kier alpha value is -4.13. The van der Waals surface area contributed by atoms with E-state index in [0.717, 1.165) is 25.0 Å². The molecule has 2 aliphatic rings. The van der Waals surface area contributed by atoms with Crippen LogP contribution in [0.25, 0.3) is 22.2 Å². The average Bonchev–Trinajstić information content (AvgIpc) is 3.52. The van der Waals surface area contributed by atoms with Crippen LogP contribution >= 0.6 is 11.6 Å². The van der Waals surface area contributed by atoms with Crippen molar-refractivity contribution in [2.24, 2.45) is 0 Å². The van der Waals surface area contributed by atoms with E-state index in [-0.39, 0.29) is 28.9 Å². The molecule has 2 aromatic heterocycles. The van der Waals surface area contributed by atoms with Gasteiger partial charge in [0.25, 0.3) is 0 Å². The fourth-order valence-electron chi connectivity index (χ4n) is 5.27. The number of piperazine rings is 1. The van der Waals surface area contributed by atoms with Crippen molar-refractivity contribution in [2.75, 3.05) is 58.8 Å². The third-order valence-electron chi connectivity index (χ3n) is 8.26. The minimum Gasteiger partial charge on any atom is -0.467 e. The number of halogens is 6. The number of rotatable bonds is 7. The summed E-state index contributed by atoms with van der Waals surface area (Å²) in [6.45, 7) is 7.60. The molecule has 0 radical (unpaired) electrons. The molecule has 2 aliphatic heterocycles. The molecule has 3 aromatic rings. The second kappa shape index (κ2) is 18.2. The molecular formula is C34H42ClF5N8O2. The van der Waals surface area contributed by atoms with E-state index in [4.69, 9.17) is 21.6 Å². The first kappa shape index (κ1) is 40.3. The molecule has 4 heterocycles. The summed E-state index contributed by atoms with van der Waals surface area (Å²) in [5.74, 6) is -0.871. The average molecular weight is 725 g/mol. The third-order valence-corrected chi connectivity index (χ3v) is 8.58. The minimum absolute atomic E-state index is 0.0986. The Labute approximate surface area is 293 Å². The van der Waals surface area contributed by atoms with Crippen molar-refractivity contribution in [3.8, 4) is 23.3 Å². The summed E-state index contributed by atoms with van der Waals surface area (Å²) in [7, 11) is 5.15. The van der Waals surface area contributed by atoms with Crippen LogP contribution in [0.4, 0.5) is 27.8 Å². The monoisotopic (exact) mass is 724 g/mol. The first-order valence-corrected chi connectivity index (χ1v) is 16.4. The Morgan fingerprint density at radius 3 is 2.42 bits per heavy atom. The second-order valence-corrected chi connectivity index (χ2v) is 12.2. The number of nitrogens with zero attached hydrogens (tertiary/aromatic N) is 7. The molecule has 3 atom stereocenters. The highest BCUT2D eigenvalue weighted by Crippen LogP contribution is 2.42. The maximum absolute atomic E-state index is 15.8. The van der Waals surface area contributed by atoms with E-state index >= 15 is 4.39 Å². The standard InChI is InChI=1S/C26H27ClF4N6O2.C6H12FN.C2H3N/c1-15(35(2)3)8-9-19(38)36-10-12-37(13-11-36)24-17-14-32-22(21(28)23(17)33-25(34-24)39-4)16-6-5-7-18(27)20(16)26(29,30)31;1-2-6-3-5(7)4-8-6;1-2-3/h5-9,14-15H,10-13H2,1-4H3;5-6,8H,2-4H2,1H3;1H3/b9-8+;;. The number of anilines is 1. The van der Waals surface area contributed by atoms with Gasteiger partial charge in [-0.3, -0.25) is 9.78 Å². The summed E-state index contributed by atoms with van der Waals surface area (Å²) in [6.07, 6.45) is 0.981. The van der Waals surface area contributed by atoms with E-state index in [1.54, 1.807) is 17.0 Å². The molecule has 2 fully saturated rings. The Bertz CT molecular complexity index is 1680. The fourth-order valence-corrected chi connectivity index (χ4v) is 5.55. The van der Waals surface area contributed by atoms with Gasteiger partial charge in [0.1, 0.15) is 23.2 Å². The predicted octanol–water partition coefficient (Wildman–Crippen LogP) is 6.29. The van der Waals surface area contributed by atoms with Crippen LogP contribution < -0.4 is 15.0 Å². The molecule has 2 saturated heterocycles. The number of carbonyl (C=O) groups excluding carboxylic acids is 1. The quantitative estimate of drug-likeness (QED) is 0.222. The van der Waals surface area contributed by atoms with Gasteiger partial charge in [0.15, 0.2) is 5.82 Å². The largest absolute Gasteiger partial charge is 0.467 e. The van der Waals surface area contributed by atoms with E-state index in [2.05, 4.69) is 27.2 Å². The van der Waals surface area contributed by atoms with Crippen LogP contribution in [0.2, 0.25) is 5.02 Å². The van der Waals surface area contributed by atoms with Crippen molar-refractivity contribution in [1.82, 2.24) is 30.1 Å². The highest BCUT2D eigenvalue weighted by atomic mass is 35.5. The number of nitriles is 1. The maximum atomic E-state index is 15.8. The number of pyridine rings is 1. The lowest BCUT2D eigenvalue weighted by Crippen LogP contribution is -2.48. The lowest BCUT2D eigenvalue weighted by molar-refractivity contribution is -0.137. The number of carbonyl (C=O) groups is 1. The number of likely N-dealkylation sites (N-methyl/N-ethyl adjacent to an activating group) is 1. The van der Waals surface area contributed by atoms with E-state index < -0.39 is 40.0 Å². The van der Waals surface area contributed by atoms with Crippen LogP contribution in [-0.2, 0) is 11.0 Å². The molecule has 10 nitrogen and oxygen atoms in total. The van der Waals surface area contributed by atoms with Gasteiger partial charge in [0.2, 0.25) is 5.91 Å². The molecule has 0 saturated carbocycles. The highest BCUT2D eigenvalue weighted by molar-refractivity contribution is 6.31. The molecule has 1 aromatic carbocycles. The molecule has 0 spiro atoms. The Morgan fingerprint density at radius 2 is 1.90 bits per heavy atom. The van der Waals surface area contributed by atoms with Crippen LogP contribution in [0.1, 0.15) is 39.2 Å². The van der Waals surface area contributed by atoms with Crippen LogP contribution in [0.5, 0.6) is 6.01 Å². The van der Waals surface area contributed by atoms with E-state index in [0.29, 0.717) is 44.6 Å². The zero-order chi connectivity index (χ0) is 37.2. The Kier molecular flexibility index (Phi) is 14.7. The van der Waals surface area contributed by atoms with E-state index in [1.807, 2.05) is 36.9 Å². The van der Waals surface area contributed by atoms with Gasteiger partial charge >= 0.3 is 12.2 Å². The van der Waals surface area contributed by atoms with Gasteiger partial charge in [-0.1, -0.05) is 36.7 Å². The first-order valence-electron chi connectivity index (χ1n) is 16.0. The van der Waals surface area contributed by atoms with Gasteiger partial charge in [-0.15, -0.1) is 0 Å². The van der Waals surface area contributed by atoms with Crippen molar-refractivity contribution < 1.29 is 31.5 Å². The van der Waals surface area contributed by atoms with E-state index in [1.165, 1.54) is 26.3 Å². The summed E-state index contributed by atoms with van der Waals surface area (Å²) in [5.41, 5.74) is -2.47. The molecule has 1 N–H and O–H groups in total. The molecule has 0 aliphatic carbocycles. The van der Waals surface area contributed by atoms with Gasteiger partial charge in [-0.2, -0.15) is 28.4 Å². The summed E-state index contributed by atoms with van der Waals surface area (Å²) in [5, 5.41) is 10.0. The number of aromatic nitrogens is 3. The normalized spacial score (nSPS) is 18.3. The summed E-state index contributed by atoms with van der Waals surface area (Å²) >= 11 is 5.84. The maximum Gasteiger partial charge on any atom is 0.418 e. The number of nitrogens with one attached hydrogen (secondary N) is 1. The molecule has 1 amide bonds. The second-order valence-electron chi connectivity index (χ2n) is 11.8. The molecule has 272 valence electrons. The van der Waals surface area contributed by atoms with Crippen LogP contribution in [0, 0.1) is 17.1 Å². The number of ether oxygens (including phenoxy) is 1. The van der Waals surface area contributed by atoms with Gasteiger partial charge in [0.05, 0.1) is 29.2 Å². The van der Waals surface area contributed by atoms with E-state index in [9.17, 15) is 22.4 Å². The molecule has 50 heavy (non-hydrogen) atoms. The van der Waals surface area contributed by atoms with Crippen molar-refractivity contribution in [1.29, 1.82) is 5.26 Å². The Balaban J connectivity index is 0.000000527. The predicted molar refractivity (Wildman–Crippen MR) is 183 cm³/mol. The zero-order valence-corrected chi connectivity index (χ0v) is 29.6. The molecule has 0 bridgehead atoms. The zero-order valence-electron chi connectivity index (χ0n) is 28.9. The number of amides is 1.